The second-order valence-corrected chi connectivity index (χ2v) is 11.0. The molecule has 0 amide bonds. The highest BCUT2D eigenvalue weighted by molar-refractivity contribution is 6.70. The van der Waals surface area contributed by atoms with Crippen LogP contribution in [0.15, 0.2) is 0 Å². The summed E-state index contributed by atoms with van der Waals surface area (Å²) < 4.78 is 29.6. The molecule has 3 rings (SSSR count). The lowest BCUT2D eigenvalue weighted by Gasteiger charge is -2.55. The maximum Gasteiger partial charge on any atom is 0.371 e. The van der Waals surface area contributed by atoms with Gasteiger partial charge in [-0.3, -0.25) is 0 Å². The molecule has 0 saturated carbocycles. The van der Waals surface area contributed by atoms with E-state index in [4.69, 9.17) is 23.1 Å². The van der Waals surface area contributed by atoms with Gasteiger partial charge in [-0.25, -0.2) is 0 Å². The molecule has 6 heteroatoms. The van der Waals surface area contributed by atoms with Gasteiger partial charge in [-0.1, -0.05) is 13.3 Å². The van der Waals surface area contributed by atoms with Crippen molar-refractivity contribution in [3.8, 4) is 0 Å². The number of epoxide rings is 2. The predicted octanol–water partition coefficient (Wildman–Crippen LogP) is 2.66. The summed E-state index contributed by atoms with van der Waals surface area (Å²) in [5.41, 5.74) is 0. The molecule has 0 spiro atoms. The van der Waals surface area contributed by atoms with Crippen LogP contribution in [0.25, 0.3) is 0 Å². The Morgan fingerprint density at radius 3 is 2.13 bits per heavy atom. The second kappa shape index (κ2) is 7.10. The maximum atomic E-state index is 6.31. The Hall–Kier alpha value is 0.0169. The van der Waals surface area contributed by atoms with Crippen molar-refractivity contribution in [3.05, 3.63) is 0 Å². The third-order valence-corrected chi connectivity index (χ3v) is 10.6. The average molecular weight is 345 g/mol. The zero-order valence-corrected chi connectivity index (χ0v) is 16.0. The standard InChI is InChI=1S/C17H32O5Si/c1-5-7-17(18-2)16(10-15-12-22-15)13(9-14-11-21-14)6-8-23(17,19-3)20-4/h13-16H,5-12H2,1-4H3. The van der Waals surface area contributed by atoms with Crippen molar-refractivity contribution in [2.45, 2.75) is 62.5 Å². The molecule has 0 bridgehead atoms. The van der Waals surface area contributed by atoms with Crippen molar-refractivity contribution in [1.29, 1.82) is 0 Å². The van der Waals surface area contributed by atoms with Crippen molar-refractivity contribution in [2.24, 2.45) is 11.8 Å². The molecule has 3 saturated heterocycles. The first kappa shape index (κ1) is 17.8. The number of hydrogen-bond donors (Lipinski definition) is 0. The van der Waals surface area contributed by atoms with Crippen LogP contribution in [0.5, 0.6) is 0 Å². The van der Waals surface area contributed by atoms with E-state index >= 15 is 0 Å². The highest BCUT2D eigenvalue weighted by Gasteiger charge is 2.65. The Morgan fingerprint density at radius 1 is 1.04 bits per heavy atom. The molecule has 3 fully saturated rings. The highest BCUT2D eigenvalue weighted by Crippen LogP contribution is 2.53. The zero-order valence-electron chi connectivity index (χ0n) is 15.0. The van der Waals surface area contributed by atoms with Gasteiger partial charge in [0.2, 0.25) is 0 Å². The lowest BCUT2D eigenvalue weighted by Crippen LogP contribution is -2.70. The van der Waals surface area contributed by atoms with Crippen LogP contribution in [0.1, 0.15) is 39.0 Å². The van der Waals surface area contributed by atoms with Crippen LogP contribution in [-0.4, -0.2) is 60.5 Å². The van der Waals surface area contributed by atoms with E-state index in [2.05, 4.69) is 6.92 Å². The molecule has 0 aromatic heterocycles. The zero-order chi connectivity index (χ0) is 16.5. The summed E-state index contributed by atoms with van der Waals surface area (Å²) in [6, 6.07) is 1.01. The third kappa shape index (κ3) is 3.26. The van der Waals surface area contributed by atoms with Gasteiger partial charge in [-0.05, 0) is 43.6 Å². The van der Waals surface area contributed by atoms with E-state index in [1.54, 1.807) is 0 Å². The summed E-state index contributed by atoms with van der Waals surface area (Å²) in [6.45, 7) is 4.04. The van der Waals surface area contributed by atoms with Crippen LogP contribution in [-0.2, 0) is 23.1 Å². The second-order valence-electron chi connectivity index (χ2n) is 7.29. The molecule has 0 N–H and O–H groups in total. The molecule has 3 heterocycles. The molecule has 5 nitrogen and oxygen atoms in total. The van der Waals surface area contributed by atoms with Gasteiger partial charge in [0, 0.05) is 21.3 Å². The fraction of sp³-hybridized carbons (Fsp3) is 1.00. The first-order valence-corrected chi connectivity index (χ1v) is 11.1. The number of methoxy groups -OCH3 is 1. The van der Waals surface area contributed by atoms with Crippen molar-refractivity contribution in [3.63, 3.8) is 0 Å². The molecule has 5 atom stereocenters. The Balaban J connectivity index is 1.92. The van der Waals surface area contributed by atoms with E-state index in [-0.39, 0.29) is 5.22 Å². The minimum absolute atomic E-state index is 0.283. The van der Waals surface area contributed by atoms with Crippen LogP contribution in [0.3, 0.4) is 0 Å². The van der Waals surface area contributed by atoms with Crippen LogP contribution in [0.4, 0.5) is 0 Å². The minimum atomic E-state index is -2.42. The quantitative estimate of drug-likeness (QED) is 0.475. The molecule has 134 valence electrons. The fourth-order valence-corrected chi connectivity index (χ4v) is 9.24. The van der Waals surface area contributed by atoms with Gasteiger partial charge in [0.15, 0.2) is 0 Å². The Morgan fingerprint density at radius 2 is 1.65 bits per heavy atom. The smallest absolute Gasteiger partial charge is 0.371 e. The normalized spacial score (nSPS) is 41.7. The van der Waals surface area contributed by atoms with Crippen molar-refractivity contribution in [2.75, 3.05) is 34.5 Å². The number of hydrogen-bond acceptors (Lipinski definition) is 5. The molecule has 0 aliphatic carbocycles. The van der Waals surface area contributed by atoms with Crippen LogP contribution in [0.2, 0.25) is 6.04 Å². The van der Waals surface area contributed by atoms with E-state index < -0.39 is 8.56 Å². The van der Waals surface area contributed by atoms with E-state index in [9.17, 15) is 0 Å². The Labute approximate surface area is 141 Å². The largest absolute Gasteiger partial charge is 0.396 e. The van der Waals surface area contributed by atoms with E-state index in [1.165, 1.54) is 0 Å². The molecular formula is C17H32O5Si. The summed E-state index contributed by atoms with van der Waals surface area (Å²) >= 11 is 0. The molecule has 23 heavy (non-hydrogen) atoms. The first-order valence-electron chi connectivity index (χ1n) is 9.03. The topological polar surface area (TPSA) is 52.8 Å². The molecule has 3 aliphatic rings. The monoisotopic (exact) mass is 344 g/mol. The van der Waals surface area contributed by atoms with E-state index in [0.29, 0.717) is 24.0 Å². The summed E-state index contributed by atoms with van der Waals surface area (Å²) in [5, 5.41) is -0.283. The van der Waals surface area contributed by atoms with Gasteiger partial charge in [-0.2, -0.15) is 0 Å². The van der Waals surface area contributed by atoms with E-state index in [1.807, 2.05) is 21.3 Å². The van der Waals surface area contributed by atoms with Crippen molar-refractivity contribution < 1.29 is 23.1 Å². The number of ether oxygens (including phenoxy) is 3. The Bertz CT molecular complexity index is 394. The van der Waals surface area contributed by atoms with Gasteiger partial charge in [0.05, 0.1) is 25.4 Å². The van der Waals surface area contributed by atoms with Gasteiger partial charge in [0.25, 0.3) is 0 Å². The SMILES string of the molecule is CCCC1(OC)C(CC2CO2)C(CC2CO2)CC[Si]1(OC)OC. The van der Waals surface area contributed by atoms with Gasteiger partial charge in [-0.15, -0.1) is 0 Å². The van der Waals surface area contributed by atoms with Crippen LogP contribution < -0.4 is 0 Å². The third-order valence-electron chi connectivity index (χ3n) is 6.19. The minimum Gasteiger partial charge on any atom is -0.396 e. The van der Waals surface area contributed by atoms with E-state index in [0.717, 1.165) is 51.4 Å². The highest BCUT2D eigenvalue weighted by atomic mass is 28.4. The molecule has 3 aliphatic heterocycles. The predicted molar refractivity (Wildman–Crippen MR) is 89.5 cm³/mol. The van der Waals surface area contributed by atoms with Crippen molar-refractivity contribution in [1.82, 2.24) is 0 Å². The van der Waals surface area contributed by atoms with Gasteiger partial charge in [0.1, 0.15) is 5.22 Å². The molecule has 5 unspecified atom stereocenters. The van der Waals surface area contributed by atoms with Crippen LogP contribution >= 0.6 is 0 Å². The maximum absolute atomic E-state index is 6.31. The van der Waals surface area contributed by atoms with Gasteiger partial charge < -0.3 is 23.1 Å². The van der Waals surface area contributed by atoms with Crippen molar-refractivity contribution >= 4 is 8.56 Å². The fourth-order valence-electron chi connectivity index (χ4n) is 4.93. The summed E-state index contributed by atoms with van der Waals surface area (Å²) in [7, 11) is 3.06. The lowest BCUT2D eigenvalue weighted by molar-refractivity contribution is -0.0789. The van der Waals surface area contributed by atoms with Gasteiger partial charge >= 0.3 is 8.56 Å². The first-order chi connectivity index (χ1) is 11.1. The number of rotatable bonds is 9. The molecule has 0 aromatic carbocycles. The Kier molecular flexibility index (Phi) is 5.50. The molecule has 0 radical (unpaired) electrons. The lowest BCUT2D eigenvalue weighted by atomic mass is 9.77. The summed E-state index contributed by atoms with van der Waals surface area (Å²) in [5.74, 6) is 1.05. The summed E-state index contributed by atoms with van der Waals surface area (Å²) in [6.07, 6.45) is 6.28. The average Bonchev–Trinajstić information content (AvgIpc) is 3.46. The summed E-state index contributed by atoms with van der Waals surface area (Å²) in [4.78, 5) is 0. The molecule has 0 aromatic rings. The van der Waals surface area contributed by atoms with Crippen LogP contribution in [0, 0.1) is 11.8 Å². The molecular weight excluding hydrogens is 312 g/mol.